The van der Waals surface area contributed by atoms with Crippen LogP contribution in [0.15, 0.2) is 48.8 Å². The van der Waals surface area contributed by atoms with Gasteiger partial charge in [-0.15, -0.1) is 0 Å². The van der Waals surface area contributed by atoms with Gasteiger partial charge in [-0.2, -0.15) is 5.10 Å². The number of nitrogen functional groups attached to an aromatic ring is 1. The molecule has 2 aromatic carbocycles. The Morgan fingerprint density at radius 3 is 2.74 bits per heavy atom. The number of carbonyl (C=O) groups excluding carboxylic acids is 1. The van der Waals surface area contributed by atoms with Crippen LogP contribution in [0.5, 0.6) is 5.75 Å². The Morgan fingerprint density at radius 1 is 1.20 bits per heavy atom. The number of amides is 1. The number of rotatable bonds is 9. The third kappa shape index (κ3) is 4.96. The molecule has 0 radical (unpaired) electrons. The lowest BCUT2D eigenvalue weighted by molar-refractivity contribution is 0.0948. The van der Waals surface area contributed by atoms with Crippen LogP contribution >= 0.6 is 0 Å². The van der Waals surface area contributed by atoms with Gasteiger partial charge in [0, 0.05) is 12.1 Å². The van der Waals surface area contributed by atoms with Gasteiger partial charge in [-0.1, -0.05) is 50.1 Å². The predicted molar refractivity (Wildman–Crippen MR) is 138 cm³/mol. The minimum Gasteiger partial charge on any atom is -0.496 e. The highest BCUT2D eigenvalue weighted by Crippen LogP contribution is 2.34. The molecule has 0 aliphatic rings. The summed E-state index contributed by atoms with van der Waals surface area (Å²) in [4.78, 5) is 21.4. The molecule has 4 rings (SSSR count). The summed E-state index contributed by atoms with van der Waals surface area (Å²) in [7, 11) is 1.56. The SMILES string of the molecule is CCCCC(C)n1nc(-c2ccc(CNC(=O)c3ccccc3OC)cc2C)c2c(N)ncnc21. The van der Waals surface area contributed by atoms with Crippen molar-refractivity contribution in [3.05, 3.63) is 65.5 Å². The molecular weight excluding hydrogens is 440 g/mol. The van der Waals surface area contributed by atoms with Crippen molar-refractivity contribution in [1.82, 2.24) is 25.1 Å². The second kappa shape index (κ2) is 10.5. The summed E-state index contributed by atoms with van der Waals surface area (Å²) in [6.07, 6.45) is 4.75. The van der Waals surface area contributed by atoms with Gasteiger partial charge in [0.15, 0.2) is 5.65 Å². The number of fused-ring (bicyclic) bond motifs is 1. The minimum atomic E-state index is -0.181. The summed E-state index contributed by atoms with van der Waals surface area (Å²) in [6.45, 7) is 6.77. The van der Waals surface area contributed by atoms with E-state index in [1.54, 1.807) is 19.2 Å². The van der Waals surface area contributed by atoms with E-state index in [1.165, 1.54) is 6.33 Å². The number of ether oxygens (including phenoxy) is 1. The van der Waals surface area contributed by atoms with Crippen LogP contribution < -0.4 is 15.8 Å². The first-order valence-corrected chi connectivity index (χ1v) is 11.9. The van der Waals surface area contributed by atoms with Gasteiger partial charge in [0.2, 0.25) is 0 Å². The van der Waals surface area contributed by atoms with Crippen molar-refractivity contribution in [2.45, 2.75) is 52.6 Å². The van der Waals surface area contributed by atoms with Gasteiger partial charge in [-0.25, -0.2) is 14.6 Å². The average molecular weight is 473 g/mol. The van der Waals surface area contributed by atoms with Crippen LogP contribution in [0.4, 0.5) is 5.82 Å². The van der Waals surface area contributed by atoms with E-state index < -0.39 is 0 Å². The Kier molecular flexibility index (Phi) is 7.29. The molecule has 0 fully saturated rings. The zero-order chi connectivity index (χ0) is 24.9. The number of nitrogens with two attached hydrogens (primary N) is 1. The van der Waals surface area contributed by atoms with Crippen LogP contribution in [0.25, 0.3) is 22.3 Å². The van der Waals surface area contributed by atoms with Crippen molar-refractivity contribution >= 4 is 22.8 Å². The van der Waals surface area contributed by atoms with Gasteiger partial charge < -0.3 is 15.8 Å². The average Bonchev–Trinajstić information content (AvgIpc) is 3.26. The van der Waals surface area contributed by atoms with Crippen LogP contribution in [0.2, 0.25) is 0 Å². The molecule has 0 spiro atoms. The number of aromatic nitrogens is 4. The molecular formula is C27H32N6O2. The van der Waals surface area contributed by atoms with E-state index in [0.29, 0.717) is 23.7 Å². The Labute approximate surface area is 205 Å². The van der Waals surface area contributed by atoms with Crippen LogP contribution in [0, 0.1) is 6.92 Å². The number of para-hydroxylation sites is 1. The maximum atomic E-state index is 12.7. The summed E-state index contributed by atoms with van der Waals surface area (Å²) in [6, 6.07) is 13.5. The monoisotopic (exact) mass is 472 g/mol. The Hall–Kier alpha value is -3.94. The standard InChI is InChI=1S/C27H32N6O2/c1-5-6-9-18(3)33-26-23(25(28)30-16-31-26)24(32-33)20-13-12-19(14-17(20)2)15-29-27(34)21-10-7-8-11-22(21)35-4/h7-8,10-14,16,18H,5-6,9,15H2,1-4H3,(H,29,34)(H2,28,30,31). The molecule has 3 N–H and O–H groups in total. The Bertz CT molecular complexity index is 1350. The molecule has 1 unspecified atom stereocenters. The number of anilines is 1. The molecule has 35 heavy (non-hydrogen) atoms. The third-order valence-electron chi connectivity index (χ3n) is 6.26. The maximum absolute atomic E-state index is 12.7. The van der Waals surface area contributed by atoms with E-state index in [1.807, 2.05) is 35.9 Å². The number of unbranched alkanes of at least 4 members (excludes halogenated alkanes) is 1. The maximum Gasteiger partial charge on any atom is 0.255 e. The predicted octanol–water partition coefficient (Wildman–Crippen LogP) is 5.07. The molecule has 0 saturated heterocycles. The second-order valence-corrected chi connectivity index (χ2v) is 8.77. The number of benzene rings is 2. The molecule has 0 aliphatic carbocycles. The number of methoxy groups -OCH3 is 1. The van der Waals surface area contributed by atoms with E-state index in [2.05, 4.69) is 35.2 Å². The smallest absolute Gasteiger partial charge is 0.255 e. The van der Waals surface area contributed by atoms with Gasteiger partial charge >= 0.3 is 0 Å². The first-order chi connectivity index (χ1) is 16.9. The minimum absolute atomic E-state index is 0.181. The van der Waals surface area contributed by atoms with Crippen LogP contribution in [0.1, 0.15) is 60.6 Å². The van der Waals surface area contributed by atoms with E-state index >= 15 is 0 Å². The molecule has 2 aromatic heterocycles. The number of aryl methyl sites for hydroxylation is 1. The number of hydrogen-bond donors (Lipinski definition) is 2. The molecule has 0 aliphatic heterocycles. The highest BCUT2D eigenvalue weighted by atomic mass is 16.5. The summed E-state index contributed by atoms with van der Waals surface area (Å²) in [5.41, 5.74) is 11.3. The van der Waals surface area contributed by atoms with Crippen molar-refractivity contribution in [3.8, 4) is 17.0 Å². The highest BCUT2D eigenvalue weighted by Gasteiger charge is 2.21. The summed E-state index contributed by atoms with van der Waals surface area (Å²) >= 11 is 0. The van der Waals surface area contributed by atoms with E-state index in [0.717, 1.165) is 52.7 Å². The number of nitrogens with zero attached hydrogens (tertiary/aromatic N) is 4. The van der Waals surface area contributed by atoms with Crippen LogP contribution in [-0.4, -0.2) is 32.8 Å². The zero-order valence-corrected chi connectivity index (χ0v) is 20.7. The lowest BCUT2D eigenvalue weighted by Gasteiger charge is -2.12. The molecule has 1 atom stereocenters. The fourth-order valence-electron chi connectivity index (χ4n) is 4.32. The fraction of sp³-hybridized carbons (Fsp3) is 0.333. The first kappa shape index (κ1) is 24.2. The third-order valence-corrected chi connectivity index (χ3v) is 6.26. The van der Waals surface area contributed by atoms with Gasteiger partial charge in [-0.05, 0) is 43.5 Å². The van der Waals surface area contributed by atoms with Gasteiger partial charge in [-0.3, -0.25) is 4.79 Å². The fourth-order valence-corrected chi connectivity index (χ4v) is 4.32. The van der Waals surface area contributed by atoms with Gasteiger partial charge in [0.25, 0.3) is 5.91 Å². The number of nitrogens with one attached hydrogen (secondary N) is 1. The lowest BCUT2D eigenvalue weighted by atomic mass is 10.0. The molecule has 0 saturated carbocycles. The molecule has 8 nitrogen and oxygen atoms in total. The molecule has 4 aromatic rings. The summed E-state index contributed by atoms with van der Waals surface area (Å²) in [5, 5.41) is 8.70. The molecule has 2 heterocycles. The summed E-state index contributed by atoms with van der Waals surface area (Å²) in [5.74, 6) is 0.790. The molecule has 1 amide bonds. The van der Waals surface area contributed by atoms with Crippen molar-refractivity contribution in [1.29, 1.82) is 0 Å². The van der Waals surface area contributed by atoms with E-state index in [9.17, 15) is 4.79 Å². The van der Waals surface area contributed by atoms with Gasteiger partial charge in [0.1, 0.15) is 23.6 Å². The second-order valence-electron chi connectivity index (χ2n) is 8.77. The molecule has 0 bridgehead atoms. The van der Waals surface area contributed by atoms with Crippen LogP contribution in [-0.2, 0) is 6.54 Å². The largest absolute Gasteiger partial charge is 0.496 e. The van der Waals surface area contributed by atoms with E-state index in [-0.39, 0.29) is 11.9 Å². The number of hydrogen-bond acceptors (Lipinski definition) is 6. The van der Waals surface area contributed by atoms with Crippen molar-refractivity contribution in [3.63, 3.8) is 0 Å². The zero-order valence-electron chi connectivity index (χ0n) is 20.7. The van der Waals surface area contributed by atoms with Crippen LogP contribution in [0.3, 0.4) is 0 Å². The summed E-state index contributed by atoms with van der Waals surface area (Å²) < 4.78 is 7.27. The van der Waals surface area contributed by atoms with Gasteiger partial charge in [0.05, 0.1) is 24.1 Å². The Balaban J connectivity index is 1.61. The highest BCUT2D eigenvalue weighted by molar-refractivity contribution is 5.99. The van der Waals surface area contributed by atoms with Crippen molar-refractivity contribution < 1.29 is 9.53 Å². The number of carbonyl (C=O) groups is 1. The van der Waals surface area contributed by atoms with Crippen molar-refractivity contribution in [2.24, 2.45) is 0 Å². The lowest BCUT2D eigenvalue weighted by Crippen LogP contribution is -2.23. The molecule has 182 valence electrons. The quantitative estimate of drug-likeness (QED) is 0.352. The normalized spacial score (nSPS) is 12.0. The Morgan fingerprint density at radius 2 is 2.00 bits per heavy atom. The first-order valence-electron chi connectivity index (χ1n) is 11.9. The topological polar surface area (TPSA) is 108 Å². The van der Waals surface area contributed by atoms with Crippen molar-refractivity contribution in [2.75, 3.05) is 12.8 Å². The molecule has 8 heteroatoms. The van der Waals surface area contributed by atoms with E-state index in [4.69, 9.17) is 15.6 Å².